The third-order valence-corrected chi connectivity index (χ3v) is 3.78. The maximum atomic E-state index is 12.6. The molecule has 1 aromatic carbocycles. The summed E-state index contributed by atoms with van der Waals surface area (Å²) in [7, 11) is -0.746. The lowest BCUT2D eigenvalue weighted by Crippen LogP contribution is -2.41. The highest BCUT2D eigenvalue weighted by molar-refractivity contribution is 6.55. The van der Waals surface area contributed by atoms with Gasteiger partial charge in [-0.3, -0.25) is 0 Å². The minimum Gasteiger partial charge on any atom is -0.392 e. The second kappa shape index (κ2) is 5.08. The van der Waals surface area contributed by atoms with E-state index in [1.54, 1.807) is 0 Å². The van der Waals surface area contributed by atoms with Crippen molar-refractivity contribution in [3.63, 3.8) is 0 Å². The van der Waals surface area contributed by atoms with Gasteiger partial charge in [0.1, 0.15) is 0 Å². The molecule has 1 heterocycles. The van der Waals surface area contributed by atoms with Crippen molar-refractivity contribution in [2.45, 2.75) is 45.1 Å². The van der Waals surface area contributed by atoms with Crippen LogP contribution in [0.5, 0.6) is 0 Å². The summed E-state index contributed by atoms with van der Waals surface area (Å²) < 4.78 is 49.2. The van der Waals surface area contributed by atoms with Crippen LogP contribution in [0.15, 0.2) is 24.3 Å². The van der Waals surface area contributed by atoms with Gasteiger partial charge in [-0.1, -0.05) is 17.8 Å². The first-order chi connectivity index (χ1) is 9.51. The molecule has 1 aliphatic rings. The van der Waals surface area contributed by atoms with Crippen LogP contribution in [0.25, 0.3) is 0 Å². The minimum absolute atomic E-state index is 0.277. The van der Waals surface area contributed by atoms with Crippen LogP contribution in [-0.4, -0.2) is 18.3 Å². The Morgan fingerprint density at radius 3 is 2.14 bits per heavy atom. The third kappa shape index (κ3) is 3.42. The first-order valence-electron chi connectivity index (χ1n) is 6.56. The quantitative estimate of drug-likeness (QED) is 0.537. The summed E-state index contributed by atoms with van der Waals surface area (Å²) in [4.78, 5) is 0. The van der Waals surface area contributed by atoms with Gasteiger partial charge in [-0.05, 0) is 45.9 Å². The van der Waals surface area contributed by atoms with Crippen LogP contribution in [0, 0.1) is 11.7 Å². The van der Waals surface area contributed by atoms with Gasteiger partial charge in [0, 0.05) is 5.56 Å². The van der Waals surface area contributed by atoms with Crippen LogP contribution >= 0.6 is 0 Å². The van der Waals surface area contributed by atoms with Gasteiger partial charge in [-0.2, -0.15) is 13.2 Å². The van der Waals surface area contributed by atoms with E-state index in [9.17, 15) is 13.2 Å². The van der Waals surface area contributed by atoms with Crippen molar-refractivity contribution in [1.82, 2.24) is 0 Å². The third-order valence-electron chi connectivity index (χ3n) is 3.78. The van der Waals surface area contributed by atoms with E-state index in [4.69, 9.17) is 9.31 Å². The van der Waals surface area contributed by atoms with E-state index in [1.807, 2.05) is 27.7 Å². The minimum atomic E-state index is -4.37. The predicted molar refractivity (Wildman–Crippen MR) is 74.4 cm³/mol. The van der Waals surface area contributed by atoms with Crippen LogP contribution in [-0.2, 0) is 15.5 Å². The van der Waals surface area contributed by atoms with Crippen molar-refractivity contribution in [1.29, 1.82) is 0 Å². The molecule has 0 atom stereocenters. The van der Waals surface area contributed by atoms with E-state index in [0.29, 0.717) is 0 Å². The molecule has 0 N–H and O–H groups in total. The normalized spacial score (nSPS) is 20.0. The topological polar surface area (TPSA) is 18.5 Å². The largest absolute Gasteiger partial charge is 0.551 e. The summed E-state index contributed by atoms with van der Waals surface area (Å²) in [5.41, 5.74) is -1.47. The lowest BCUT2D eigenvalue weighted by Gasteiger charge is -2.32. The molecule has 6 heteroatoms. The number of halogens is 3. The Bertz CT molecular complexity index is 581. The van der Waals surface area contributed by atoms with Crippen molar-refractivity contribution in [2.24, 2.45) is 0 Å². The van der Waals surface area contributed by atoms with E-state index in [1.165, 1.54) is 12.1 Å². The smallest absolute Gasteiger partial charge is 0.392 e. The molecule has 0 saturated carbocycles. The van der Waals surface area contributed by atoms with Crippen LogP contribution < -0.4 is 0 Å². The summed E-state index contributed by atoms with van der Waals surface area (Å²) in [5, 5.41) is 0. The Morgan fingerprint density at radius 1 is 1.05 bits per heavy atom. The summed E-state index contributed by atoms with van der Waals surface area (Å²) in [6, 6.07) is 4.88. The maximum Gasteiger partial charge on any atom is 0.551 e. The van der Waals surface area contributed by atoms with Gasteiger partial charge in [0.05, 0.1) is 16.8 Å². The zero-order chi connectivity index (χ0) is 15.9. The molecular formula is C15H16BF3O2. The lowest BCUT2D eigenvalue weighted by atomic mass is 9.90. The maximum absolute atomic E-state index is 12.6. The molecule has 2 rings (SSSR count). The fourth-order valence-corrected chi connectivity index (χ4v) is 1.82. The molecule has 0 unspecified atom stereocenters. The highest BCUT2D eigenvalue weighted by atomic mass is 19.4. The molecule has 1 saturated heterocycles. The number of benzene rings is 1. The van der Waals surface area contributed by atoms with Crippen LogP contribution in [0.1, 0.15) is 38.8 Å². The number of hydrogen-bond acceptors (Lipinski definition) is 2. The van der Waals surface area contributed by atoms with Crippen LogP contribution in [0.2, 0.25) is 0 Å². The number of rotatable bonds is 0. The first kappa shape index (κ1) is 15.9. The van der Waals surface area contributed by atoms with Crippen molar-refractivity contribution < 1.29 is 22.5 Å². The molecular weight excluding hydrogens is 280 g/mol. The van der Waals surface area contributed by atoms with Gasteiger partial charge in [0.15, 0.2) is 0 Å². The second-order valence-electron chi connectivity index (χ2n) is 5.94. The van der Waals surface area contributed by atoms with E-state index < -0.39 is 30.1 Å². The Balaban J connectivity index is 2.18. The fraction of sp³-hybridized carbons (Fsp3) is 0.467. The van der Waals surface area contributed by atoms with Gasteiger partial charge in [-0.25, -0.2) is 0 Å². The van der Waals surface area contributed by atoms with E-state index >= 15 is 0 Å². The van der Waals surface area contributed by atoms with E-state index in [0.717, 1.165) is 12.1 Å². The molecule has 0 aliphatic carbocycles. The number of hydrogen-bond donors (Lipinski definition) is 0. The molecule has 1 fully saturated rings. The van der Waals surface area contributed by atoms with Crippen LogP contribution in [0.3, 0.4) is 0 Å². The average molecular weight is 296 g/mol. The van der Waals surface area contributed by atoms with Gasteiger partial charge in [0.2, 0.25) is 0 Å². The summed E-state index contributed by atoms with van der Waals surface area (Å²) >= 11 is 0. The molecule has 21 heavy (non-hydrogen) atoms. The van der Waals surface area contributed by atoms with Gasteiger partial charge in [0.25, 0.3) is 0 Å². The highest BCUT2D eigenvalue weighted by Crippen LogP contribution is 2.36. The van der Waals surface area contributed by atoms with Crippen LogP contribution in [0.4, 0.5) is 13.2 Å². The fourth-order valence-electron chi connectivity index (χ4n) is 1.82. The Hall–Kier alpha value is -1.45. The molecule has 1 aromatic rings. The molecule has 0 bridgehead atoms. The predicted octanol–water partition coefficient (Wildman–Crippen LogP) is 3.69. The zero-order valence-corrected chi connectivity index (χ0v) is 12.3. The SMILES string of the molecule is CC1(C)OB(C#Cc2cccc(C(F)(F)F)c2)OC1(C)C. The summed E-state index contributed by atoms with van der Waals surface area (Å²) in [6.45, 7) is 7.55. The molecule has 0 aromatic heterocycles. The van der Waals surface area contributed by atoms with Crippen molar-refractivity contribution in [3.05, 3.63) is 35.4 Å². The molecule has 0 radical (unpaired) electrons. The standard InChI is InChI=1S/C15H16BF3O2/c1-13(2)14(3,4)21-16(20-13)9-8-11-6-5-7-12(10-11)15(17,18)19/h5-7,10H,1-4H3. The van der Waals surface area contributed by atoms with Gasteiger partial charge in [-0.15, -0.1) is 0 Å². The zero-order valence-electron chi connectivity index (χ0n) is 12.3. The first-order valence-corrected chi connectivity index (χ1v) is 6.56. The Morgan fingerprint density at radius 2 is 1.62 bits per heavy atom. The van der Waals surface area contributed by atoms with E-state index in [-0.39, 0.29) is 5.56 Å². The average Bonchev–Trinajstić information content (AvgIpc) is 2.55. The number of alkyl halides is 3. The molecule has 112 valence electrons. The summed E-state index contributed by atoms with van der Waals surface area (Å²) in [5.74, 6) is 5.40. The van der Waals surface area contributed by atoms with Crippen molar-refractivity contribution in [2.75, 3.05) is 0 Å². The summed E-state index contributed by atoms with van der Waals surface area (Å²) in [6.07, 6.45) is -4.37. The van der Waals surface area contributed by atoms with Crippen molar-refractivity contribution in [3.8, 4) is 11.7 Å². The molecule has 1 aliphatic heterocycles. The molecule has 0 amide bonds. The molecule has 0 spiro atoms. The Labute approximate surface area is 122 Å². The highest BCUT2D eigenvalue weighted by Gasteiger charge is 2.50. The van der Waals surface area contributed by atoms with E-state index in [2.05, 4.69) is 11.7 Å². The van der Waals surface area contributed by atoms with Gasteiger partial charge >= 0.3 is 13.3 Å². The lowest BCUT2D eigenvalue weighted by molar-refractivity contribution is -0.137. The van der Waals surface area contributed by atoms with Gasteiger partial charge < -0.3 is 9.31 Å². The van der Waals surface area contributed by atoms with Crippen molar-refractivity contribution >= 4 is 7.12 Å². The molecule has 2 nitrogen and oxygen atoms in total. The monoisotopic (exact) mass is 296 g/mol. The second-order valence-corrected chi connectivity index (χ2v) is 5.94. The Kier molecular flexibility index (Phi) is 3.85.